The number of rotatable bonds is 7. The van der Waals surface area contributed by atoms with Gasteiger partial charge in [0.1, 0.15) is 9.90 Å². The molecule has 4 aromatic rings. The topological polar surface area (TPSA) is 79.4 Å². The second kappa shape index (κ2) is 9.61. The lowest BCUT2D eigenvalue weighted by Gasteiger charge is -2.19. The molecule has 1 aromatic heterocycles. The van der Waals surface area contributed by atoms with Crippen molar-refractivity contribution in [1.82, 2.24) is 9.29 Å². The maximum absolute atomic E-state index is 12.9. The lowest BCUT2D eigenvalue weighted by molar-refractivity contribution is 0.102. The molecule has 0 aliphatic carbocycles. The van der Waals surface area contributed by atoms with E-state index in [0.717, 1.165) is 20.8 Å². The van der Waals surface area contributed by atoms with Gasteiger partial charge in [-0.3, -0.25) is 4.79 Å². The molecule has 4 rings (SSSR count). The Morgan fingerprint density at radius 1 is 1.03 bits per heavy atom. The molecule has 3 aromatic carbocycles. The first kappa shape index (κ1) is 23.4. The summed E-state index contributed by atoms with van der Waals surface area (Å²) in [5, 5.41) is 3.78. The molecular weight excluding hydrogens is 478 g/mol. The van der Waals surface area contributed by atoms with Crippen LogP contribution in [0.4, 0.5) is 5.69 Å². The highest BCUT2D eigenvalue weighted by atomic mass is 35.5. The molecule has 0 saturated heterocycles. The van der Waals surface area contributed by atoms with Gasteiger partial charge in [-0.05, 0) is 42.5 Å². The summed E-state index contributed by atoms with van der Waals surface area (Å²) in [7, 11) is -3.80. The maximum Gasteiger partial charge on any atom is 0.255 e. The zero-order valence-electron chi connectivity index (χ0n) is 18.1. The summed E-state index contributed by atoms with van der Waals surface area (Å²) in [4.78, 5) is 17.5. The van der Waals surface area contributed by atoms with Gasteiger partial charge in [0.25, 0.3) is 5.91 Å². The van der Waals surface area contributed by atoms with E-state index in [4.69, 9.17) is 11.6 Å². The molecular formula is C24H22ClN3O3S2. The van der Waals surface area contributed by atoms with E-state index in [1.54, 1.807) is 31.3 Å². The number of halogens is 1. The molecule has 0 aliphatic heterocycles. The second-order valence-electron chi connectivity index (χ2n) is 7.26. The van der Waals surface area contributed by atoms with Crippen LogP contribution in [0.2, 0.25) is 5.02 Å². The lowest BCUT2D eigenvalue weighted by atomic mass is 10.2. The third-order valence-electron chi connectivity index (χ3n) is 5.18. The van der Waals surface area contributed by atoms with Crippen LogP contribution in [0.15, 0.2) is 71.6 Å². The van der Waals surface area contributed by atoms with E-state index in [-0.39, 0.29) is 15.5 Å². The summed E-state index contributed by atoms with van der Waals surface area (Å²) in [6.07, 6.45) is 0. The highest BCUT2D eigenvalue weighted by molar-refractivity contribution is 7.89. The van der Waals surface area contributed by atoms with Gasteiger partial charge in [-0.1, -0.05) is 49.7 Å². The number of para-hydroxylation sites is 1. The Balaban J connectivity index is 1.61. The first-order chi connectivity index (χ1) is 15.8. The van der Waals surface area contributed by atoms with Crippen LogP contribution in [0.3, 0.4) is 0 Å². The number of sulfonamides is 1. The average molecular weight is 500 g/mol. The van der Waals surface area contributed by atoms with Crippen molar-refractivity contribution in [3.63, 3.8) is 0 Å². The van der Waals surface area contributed by atoms with Gasteiger partial charge in [0.05, 0.1) is 15.2 Å². The van der Waals surface area contributed by atoms with Crippen molar-refractivity contribution in [1.29, 1.82) is 0 Å². The number of hydrogen-bond acceptors (Lipinski definition) is 5. The third-order valence-corrected chi connectivity index (χ3v) is 8.79. The lowest BCUT2D eigenvalue weighted by Crippen LogP contribution is -2.31. The van der Waals surface area contributed by atoms with Crippen LogP contribution in [0, 0.1) is 0 Å². The van der Waals surface area contributed by atoms with Crippen molar-refractivity contribution < 1.29 is 13.2 Å². The molecule has 6 nitrogen and oxygen atoms in total. The van der Waals surface area contributed by atoms with E-state index in [0.29, 0.717) is 18.8 Å². The molecule has 33 heavy (non-hydrogen) atoms. The van der Waals surface area contributed by atoms with Gasteiger partial charge in [0.15, 0.2) is 0 Å². The van der Waals surface area contributed by atoms with Gasteiger partial charge < -0.3 is 5.32 Å². The number of nitrogens with one attached hydrogen (secondary N) is 1. The molecule has 0 saturated carbocycles. The fourth-order valence-electron chi connectivity index (χ4n) is 3.47. The van der Waals surface area contributed by atoms with Gasteiger partial charge in [0.2, 0.25) is 10.0 Å². The second-order valence-corrected chi connectivity index (χ2v) is 10.6. The Hall–Kier alpha value is -2.78. The van der Waals surface area contributed by atoms with E-state index in [2.05, 4.69) is 10.3 Å². The van der Waals surface area contributed by atoms with Gasteiger partial charge in [-0.2, -0.15) is 4.31 Å². The van der Waals surface area contributed by atoms with Crippen LogP contribution in [0.5, 0.6) is 0 Å². The Bertz CT molecular complexity index is 1400. The van der Waals surface area contributed by atoms with Gasteiger partial charge in [-0.25, -0.2) is 13.4 Å². The summed E-state index contributed by atoms with van der Waals surface area (Å²) < 4.78 is 28.2. The number of amides is 1. The predicted octanol–water partition coefficient (Wildman–Crippen LogP) is 5.90. The fraction of sp³-hybridized carbons (Fsp3) is 0.167. The van der Waals surface area contributed by atoms with Gasteiger partial charge >= 0.3 is 0 Å². The molecule has 0 unspecified atom stereocenters. The highest BCUT2D eigenvalue weighted by Gasteiger charge is 2.25. The Labute approximate surface area is 201 Å². The molecule has 0 radical (unpaired) electrons. The molecule has 0 aliphatic rings. The third kappa shape index (κ3) is 4.79. The summed E-state index contributed by atoms with van der Waals surface area (Å²) in [5.74, 6) is -0.427. The van der Waals surface area contributed by atoms with Crippen molar-refractivity contribution >= 4 is 54.8 Å². The zero-order chi connectivity index (χ0) is 23.6. The fourth-order valence-corrected chi connectivity index (χ4v) is 6.39. The molecule has 9 heteroatoms. The molecule has 0 fully saturated rings. The minimum absolute atomic E-state index is 0.0799. The Kier molecular flexibility index (Phi) is 6.81. The molecule has 1 heterocycles. The van der Waals surface area contributed by atoms with E-state index >= 15 is 0 Å². The molecule has 0 spiro atoms. The number of anilines is 1. The van der Waals surface area contributed by atoms with Crippen molar-refractivity contribution in [3.05, 3.63) is 77.3 Å². The van der Waals surface area contributed by atoms with Crippen LogP contribution in [0.25, 0.3) is 20.8 Å². The maximum atomic E-state index is 12.9. The number of thiazole rings is 1. The minimum atomic E-state index is -3.80. The summed E-state index contributed by atoms with van der Waals surface area (Å²) in [6, 6.07) is 19.6. The van der Waals surface area contributed by atoms with E-state index in [1.807, 2.05) is 42.5 Å². The number of carbonyl (C=O) groups is 1. The standard InChI is InChI=1S/C24H22ClN3O3S2/c1-3-28(4-2)33(30,31)22-15-16(12-13-19(22)25)23(29)26-18-9-7-8-17(14-18)24-27-20-10-5-6-11-21(20)32-24/h5-15H,3-4H2,1-2H3,(H,26,29). The summed E-state index contributed by atoms with van der Waals surface area (Å²) in [5.41, 5.74) is 2.60. The van der Waals surface area contributed by atoms with Gasteiger partial charge in [-0.15, -0.1) is 11.3 Å². The van der Waals surface area contributed by atoms with Crippen LogP contribution in [-0.2, 0) is 10.0 Å². The van der Waals surface area contributed by atoms with Crippen LogP contribution in [-0.4, -0.2) is 36.7 Å². The number of carbonyl (C=O) groups excluding carboxylic acids is 1. The normalized spacial score (nSPS) is 11.8. The monoisotopic (exact) mass is 499 g/mol. The SMILES string of the molecule is CCN(CC)S(=O)(=O)c1cc(C(=O)Nc2cccc(-c3nc4ccccc4s3)c2)ccc1Cl. The minimum Gasteiger partial charge on any atom is -0.322 e. The van der Waals surface area contributed by atoms with E-state index in [1.165, 1.54) is 22.5 Å². The number of fused-ring (bicyclic) bond motifs is 1. The van der Waals surface area contributed by atoms with Gasteiger partial charge in [0, 0.05) is 29.9 Å². The molecule has 1 N–H and O–H groups in total. The molecule has 0 atom stereocenters. The number of benzene rings is 3. The first-order valence-corrected chi connectivity index (χ1v) is 13.0. The summed E-state index contributed by atoms with van der Waals surface area (Å²) in [6.45, 7) is 4.13. The molecule has 0 bridgehead atoms. The Morgan fingerprint density at radius 2 is 1.79 bits per heavy atom. The van der Waals surface area contributed by atoms with Crippen molar-refractivity contribution in [3.8, 4) is 10.6 Å². The van der Waals surface area contributed by atoms with Crippen LogP contribution >= 0.6 is 22.9 Å². The quantitative estimate of drug-likeness (QED) is 0.343. The zero-order valence-corrected chi connectivity index (χ0v) is 20.5. The average Bonchev–Trinajstić information content (AvgIpc) is 3.24. The number of nitrogens with zero attached hydrogens (tertiary/aromatic N) is 2. The van der Waals surface area contributed by atoms with Crippen molar-refractivity contribution in [2.24, 2.45) is 0 Å². The largest absolute Gasteiger partial charge is 0.322 e. The van der Waals surface area contributed by atoms with Crippen molar-refractivity contribution in [2.75, 3.05) is 18.4 Å². The van der Waals surface area contributed by atoms with Crippen LogP contribution in [0.1, 0.15) is 24.2 Å². The van der Waals surface area contributed by atoms with E-state index < -0.39 is 15.9 Å². The smallest absolute Gasteiger partial charge is 0.255 e. The Morgan fingerprint density at radius 3 is 2.52 bits per heavy atom. The van der Waals surface area contributed by atoms with Crippen LogP contribution < -0.4 is 5.32 Å². The molecule has 1 amide bonds. The predicted molar refractivity (Wildman–Crippen MR) is 135 cm³/mol. The number of aromatic nitrogens is 1. The summed E-state index contributed by atoms with van der Waals surface area (Å²) >= 11 is 7.76. The molecule has 170 valence electrons. The highest BCUT2D eigenvalue weighted by Crippen LogP contribution is 2.31. The number of hydrogen-bond donors (Lipinski definition) is 1. The van der Waals surface area contributed by atoms with E-state index in [9.17, 15) is 13.2 Å². The first-order valence-electron chi connectivity index (χ1n) is 10.4. The van der Waals surface area contributed by atoms with Crippen molar-refractivity contribution in [2.45, 2.75) is 18.7 Å².